The van der Waals surface area contributed by atoms with Gasteiger partial charge in [-0.2, -0.15) is 0 Å². The van der Waals surface area contributed by atoms with E-state index in [2.05, 4.69) is 12.8 Å². The van der Waals surface area contributed by atoms with Crippen molar-refractivity contribution in [2.45, 2.75) is 39.0 Å². The molecular weight excluding hydrogens is 250 g/mol. The summed E-state index contributed by atoms with van der Waals surface area (Å²) < 4.78 is 0. The van der Waals surface area contributed by atoms with Crippen molar-refractivity contribution in [1.82, 2.24) is 0 Å². The summed E-state index contributed by atoms with van der Waals surface area (Å²) in [6, 6.07) is 0. The molecule has 0 saturated heterocycles. The zero-order valence-corrected chi connectivity index (χ0v) is 11.0. The van der Waals surface area contributed by atoms with E-state index in [1.807, 2.05) is 0 Å². The average molecular weight is 263 g/mol. The van der Waals surface area contributed by atoms with Crippen molar-refractivity contribution in [3.8, 4) is 5.92 Å². The topological polar surface area (TPSA) is 0 Å². The summed E-state index contributed by atoms with van der Waals surface area (Å²) in [5.41, 5.74) is 0. The molecule has 0 N–H and O–H groups in total. The van der Waals surface area contributed by atoms with Gasteiger partial charge in [-0.3, -0.25) is 0 Å². The molecule has 0 amide bonds. The first-order valence-corrected chi connectivity index (χ1v) is 10.3. The second kappa shape index (κ2) is 14.7. The van der Waals surface area contributed by atoms with E-state index in [9.17, 15) is 0 Å². The Balaban J connectivity index is 0. The van der Waals surface area contributed by atoms with Crippen LogP contribution in [0.4, 0.5) is 0 Å². The molecule has 4 heteroatoms. The fourth-order valence-corrected chi connectivity index (χ4v) is 0.640. The van der Waals surface area contributed by atoms with Crippen LogP contribution in [0.25, 0.3) is 0 Å². The Labute approximate surface area is 93.4 Å². The molecule has 0 aliphatic carbocycles. The second-order valence-corrected chi connectivity index (χ2v) is 9.94. The van der Waals surface area contributed by atoms with E-state index < -0.39 is 14.7 Å². The van der Waals surface area contributed by atoms with Crippen molar-refractivity contribution in [2.24, 2.45) is 0 Å². The minimum atomic E-state index is -1.92. The van der Waals surface area contributed by atoms with Gasteiger partial charge in [-0.1, -0.05) is 26.2 Å². The third kappa shape index (κ3) is 30.4. The SMILES string of the molecule is [C-]#CCCCCCC.[Cl][Ti+]([Cl])[Cl]. The van der Waals surface area contributed by atoms with Crippen LogP contribution in [0, 0.1) is 12.3 Å². The summed E-state index contributed by atoms with van der Waals surface area (Å²) in [6.07, 6.45) is 12.4. The minimum absolute atomic E-state index is 0.847. The zero-order valence-electron chi connectivity index (χ0n) is 7.17. The molecule has 0 rings (SSSR count). The van der Waals surface area contributed by atoms with E-state index in [1.54, 1.807) is 0 Å². The molecule has 0 unspecified atom stereocenters. The van der Waals surface area contributed by atoms with Crippen molar-refractivity contribution < 1.29 is 14.7 Å². The summed E-state index contributed by atoms with van der Waals surface area (Å²) in [6.45, 7) is 2.19. The molecule has 0 saturated carbocycles. The molecule has 0 bridgehead atoms. The number of unbranched alkanes of at least 4 members (excludes halogenated alkanes) is 4. The molecular formula is C8H13Cl3Ti. The van der Waals surface area contributed by atoms with E-state index in [-0.39, 0.29) is 0 Å². The van der Waals surface area contributed by atoms with Gasteiger partial charge in [-0.05, 0) is 12.8 Å². The number of rotatable bonds is 4. The maximum absolute atomic E-state index is 6.59. The maximum atomic E-state index is 6.59. The van der Waals surface area contributed by atoms with E-state index >= 15 is 0 Å². The monoisotopic (exact) mass is 262 g/mol. The molecule has 12 heavy (non-hydrogen) atoms. The number of hydrogen-bond acceptors (Lipinski definition) is 0. The molecule has 0 heterocycles. The van der Waals surface area contributed by atoms with Crippen molar-refractivity contribution >= 4 is 27.9 Å². The molecule has 0 aliphatic rings. The molecule has 0 nitrogen and oxygen atoms in total. The van der Waals surface area contributed by atoms with E-state index in [4.69, 9.17) is 34.3 Å². The van der Waals surface area contributed by atoms with Crippen molar-refractivity contribution in [3.05, 3.63) is 6.42 Å². The quantitative estimate of drug-likeness (QED) is 0.301. The second-order valence-electron chi connectivity index (χ2n) is 2.20. The normalized spacial score (nSPS) is 7.92. The van der Waals surface area contributed by atoms with Crippen LogP contribution in [0.1, 0.15) is 39.0 Å². The average Bonchev–Trinajstić information content (AvgIpc) is 1.97. The Bertz CT molecular complexity index is 107. The third-order valence-corrected chi connectivity index (χ3v) is 1.16. The van der Waals surface area contributed by atoms with Crippen molar-refractivity contribution in [1.29, 1.82) is 0 Å². The number of halogens is 3. The van der Waals surface area contributed by atoms with Crippen molar-refractivity contribution in [2.75, 3.05) is 0 Å². The Morgan fingerprint density at radius 3 is 2.00 bits per heavy atom. The fraction of sp³-hybridized carbons (Fsp3) is 0.750. The van der Waals surface area contributed by atoms with Gasteiger partial charge in [0.25, 0.3) is 0 Å². The predicted octanol–water partition coefficient (Wildman–Crippen LogP) is 4.61. The first-order chi connectivity index (χ1) is 5.65. The van der Waals surface area contributed by atoms with Crippen LogP contribution in [0.15, 0.2) is 0 Å². The molecule has 0 aliphatic heterocycles. The third-order valence-electron chi connectivity index (χ3n) is 1.16. The zero-order chi connectivity index (χ0) is 9.82. The molecule has 0 radical (unpaired) electrons. The Hall–Kier alpha value is 1.14. The molecule has 70 valence electrons. The van der Waals surface area contributed by atoms with Gasteiger partial charge in [0.05, 0.1) is 0 Å². The van der Waals surface area contributed by atoms with E-state index in [0.717, 1.165) is 12.8 Å². The molecule has 0 spiro atoms. The van der Waals surface area contributed by atoms with Crippen LogP contribution >= 0.6 is 27.9 Å². The summed E-state index contributed by atoms with van der Waals surface area (Å²) in [5.74, 6) is 2.38. The van der Waals surface area contributed by atoms with Gasteiger partial charge in [0, 0.05) is 0 Å². The predicted molar refractivity (Wildman–Crippen MR) is 53.4 cm³/mol. The fourth-order valence-electron chi connectivity index (χ4n) is 0.640. The molecule has 0 aromatic carbocycles. The summed E-state index contributed by atoms with van der Waals surface area (Å²) in [5, 5.41) is 0. The van der Waals surface area contributed by atoms with Gasteiger partial charge in [-0.25, -0.2) is 0 Å². The van der Waals surface area contributed by atoms with Gasteiger partial charge < -0.3 is 12.3 Å². The van der Waals surface area contributed by atoms with Gasteiger partial charge in [0.15, 0.2) is 0 Å². The standard InChI is InChI=1S/C8H13.3ClH.Ti/c1-3-5-7-8-6-4-2;;;;/h3,5-8H2,1H3;3*1H;/q-1;;;;+4/p-3. The van der Waals surface area contributed by atoms with Crippen molar-refractivity contribution in [3.63, 3.8) is 0 Å². The Morgan fingerprint density at radius 2 is 1.67 bits per heavy atom. The van der Waals surface area contributed by atoms with Crippen LogP contribution in [0.3, 0.4) is 0 Å². The van der Waals surface area contributed by atoms with Gasteiger partial charge in [0.1, 0.15) is 0 Å². The molecule has 0 aromatic heterocycles. The summed E-state index contributed by atoms with van der Waals surface area (Å²) in [4.78, 5) is 0. The number of hydrogen-bond donors (Lipinski definition) is 0. The van der Waals surface area contributed by atoms with E-state index in [1.165, 1.54) is 19.3 Å². The molecule has 0 aromatic rings. The Kier molecular flexibility index (Phi) is 19.1. The van der Waals surface area contributed by atoms with Gasteiger partial charge in [0.2, 0.25) is 0 Å². The van der Waals surface area contributed by atoms with Crippen LogP contribution in [-0.2, 0) is 14.7 Å². The summed E-state index contributed by atoms with van der Waals surface area (Å²) >= 11 is -1.92. The first-order valence-electron chi connectivity index (χ1n) is 3.88. The molecule has 0 fully saturated rings. The molecule has 0 atom stereocenters. The first kappa shape index (κ1) is 15.6. The van der Waals surface area contributed by atoms with Crippen LogP contribution < -0.4 is 0 Å². The summed E-state index contributed by atoms with van der Waals surface area (Å²) in [7, 11) is 14.9. The van der Waals surface area contributed by atoms with Crippen LogP contribution in [0.2, 0.25) is 0 Å². The van der Waals surface area contributed by atoms with Crippen LogP contribution in [-0.4, -0.2) is 0 Å². The van der Waals surface area contributed by atoms with E-state index in [0.29, 0.717) is 0 Å². The van der Waals surface area contributed by atoms with Crippen LogP contribution in [0.5, 0.6) is 0 Å². The van der Waals surface area contributed by atoms with Gasteiger partial charge >= 0.3 is 42.6 Å². The Morgan fingerprint density at radius 1 is 1.17 bits per heavy atom. The van der Waals surface area contributed by atoms with Gasteiger partial charge in [-0.15, -0.1) is 0 Å².